The lowest BCUT2D eigenvalue weighted by molar-refractivity contribution is -0.134. The van der Waals surface area contributed by atoms with Gasteiger partial charge in [-0.3, -0.25) is 9.69 Å². The number of nitrogens with zero attached hydrogens (tertiary/aromatic N) is 1. The number of carbonyl (C=O) groups is 1. The van der Waals surface area contributed by atoms with Gasteiger partial charge < -0.3 is 10.8 Å². The van der Waals surface area contributed by atoms with E-state index in [0.29, 0.717) is 24.5 Å². The number of aliphatic hydroxyl groups is 1. The molecular weight excluding hydrogens is 227 g/mol. The molecule has 3 N–H and O–H groups in total. The number of β-amino-alcohol motifs (C(OH)–C–C–N with tert-alkyl or cyclic N) is 1. The Morgan fingerprint density at radius 1 is 1.71 bits per heavy atom. The minimum atomic E-state index is -1.41. The normalized spacial score (nSPS) is 29.5. The molecule has 1 amide bonds. The molecule has 0 aromatic carbocycles. The van der Waals surface area contributed by atoms with Gasteiger partial charge in [-0.1, -0.05) is 23.2 Å². The van der Waals surface area contributed by atoms with Gasteiger partial charge in [0, 0.05) is 30.2 Å². The lowest BCUT2D eigenvalue weighted by Gasteiger charge is -2.19. The van der Waals surface area contributed by atoms with Crippen LogP contribution in [0.15, 0.2) is 10.6 Å². The molecule has 1 fully saturated rings. The third-order valence-electron chi connectivity index (χ3n) is 2.28. The molecule has 1 aliphatic rings. The summed E-state index contributed by atoms with van der Waals surface area (Å²) in [5.41, 5.74) is 4.92. The van der Waals surface area contributed by atoms with E-state index in [0.717, 1.165) is 0 Å². The Balaban J connectivity index is 2.53. The molecule has 0 radical (unpaired) electrons. The fourth-order valence-corrected chi connectivity index (χ4v) is 1.69. The van der Waals surface area contributed by atoms with Crippen molar-refractivity contribution in [3.05, 3.63) is 10.6 Å². The summed E-state index contributed by atoms with van der Waals surface area (Å²) in [5.74, 6) is -0.689. The molecule has 80 valence electrons. The summed E-state index contributed by atoms with van der Waals surface area (Å²) in [6, 6.07) is 0. The lowest BCUT2D eigenvalue weighted by atomic mass is 10.0. The van der Waals surface area contributed by atoms with Crippen LogP contribution in [0.3, 0.4) is 0 Å². The van der Waals surface area contributed by atoms with Crippen molar-refractivity contribution < 1.29 is 9.90 Å². The lowest BCUT2D eigenvalue weighted by Crippen LogP contribution is -2.46. The van der Waals surface area contributed by atoms with Crippen LogP contribution >= 0.6 is 23.2 Å². The first-order chi connectivity index (χ1) is 6.48. The van der Waals surface area contributed by atoms with Crippen LogP contribution in [-0.4, -0.2) is 41.1 Å². The van der Waals surface area contributed by atoms with Crippen molar-refractivity contribution in [1.29, 1.82) is 0 Å². The van der Waals surface area contributed by atoms with Crippen molar-refractivity contribution >= 4 is 29.1 Å². The average molecular weight is 239 g/mol. The molecule has 6 heteroatoms. The summed E-state index contributed by atoms with van der Waals surface area (Å²) in [5, 5.41) is 10.2. The minimum Gasteiger partial charge on any atom is -0.379 e. The Morgan fingerprint density at radius 3 is 2.79 bits per heavy atom. The Kier molecular flexibility index (Phi) is 3.78. The zero-order valence-electron chi connectivity index (χ0n) is 7.54. The zero-order chi connectivity index (χ0) is 10.8. The highest BCUT2D eigenvalue weighted by molar-refractivity contribution is 6.36. The number of hydrogen-bond acceptors (Lipinski definition) is 3. The summed E-state index contributed by atoms with van der Waals surface area (Å²) in [4.78, 5) is 12.7. The third kappa shape index (κ3) is 2.60. The molecule has 1 aliphatic heterocycles. The van der Waals surface area contributed by atoms with E-state index in [9.17, 15) is 9.90 Å². The largest absolute Gasteiger partial charge is 0.379 e. The molecule has 14 heavy (non-hydrogen) atoms. The Morgan fingerprint density at radius 2 is 2.36 bits per heavy atom. The minimum absolute atomic E-state index is 0.212. The van der Waals surface area contributed by atoms with Crippen LogP contribution in [0.1, 0.15) is 6.42 Å². The van der Waals surface area contributed by atoms with E-state index in [2.05, 4.69) is 0 Å². The SMILES string of the molecule is NC(=O)C1(O)CCN(C/C(Cl)=C/Cl)C1. The van der Waals surface area contributed by atoms with Crippen molar-refractivity contribution in [2.45, 2.75) is 12.0 Å². The van der Waals surface area contributed by atoms with Crippen LogP contribution in [0.5, 0.6) is 0 Å². The topological polar surface area (TPSA) is 66.6 Å². The fourth-order valence-electron chi connectivity index (χ4n) is 1.46. The van der Waals surface area contributed by atoms with Crippen LogP contribution in [0, 0.1) is 0 Å². The molecule has 0 aromatic rings. The number of primary amides is 1. The number of rotatable bonds is 3. The highest BCUT2D eigenvalue weighted by Gasteiger charge is 2.41. The monoisotopic (exact) mass is 238 g/mol. The summed E-state index contributed by atoms with van der Waals surface area (Å²) < 4.78 is 0. The van der Waals surface area contributed by atoms with Gasteiger partial charge in [-0.2, -0.15) is 0 Å². The maximum atomic E-state index is 10.9. The highest BCUT2D eigenvalue weighted by Crippen LogP contribution is 2.22. The Labute approximate surface area is 92.3 Å². The molecule has 1 unspecified atom stereocenters. The first-order valence-corrected chi connectivity index (χ1v) is 4.99. The van der Waals surface area contributed by atoms with E-state index in [-0.39, 0.29) is 6.54 Å². The maximum Gasteiger partial charge on any atom is 0.250 e. The van der Waals surface area contributed by atoms with Crippen molar-refractivity contribution in [2.75, 3.05) is 19.6 Å². The number of nitrogens with two attached hydrogens (primary N) is 1. The van der Waals surface area contributed by atoms with Crippen LogP contribution in [0.25, 0.3) is 0 Å². The van der Waals surface area contributed by atoms with Gasteiger partial charge in [-0.15, -0.1) is 0 Å². The molecule has 1 rings (SSSR count). The predicted octanol–water partition coefficient (Wildman–Crippen LogP) is 0.227. The second kappa shape index (κ2) is 4.49. The molecule has 0 bridgehead atoms. The number of likely N-dealkylation sites (tertiary alicyclic amines) is 1. The van der Waals surface area contributed by atoms with Gasteiger partial charge in [0.15, 0.2) is 5.60 Å². The first-order valence-electron chi connectivity index (χ1n) is 4.17. The Hall–Kier alpha value is -0.290. The van der Waals surface area contributed by atoms with Gasteiger partial charge >= 0.3 is 0 Å². The van der Waals surface area contributed by atoms with E-state index in [1.807, 2.05) is 4.90 Å². The molecular formula is C8H12Cl2N2O2. The second-order valence-corrected chi connectivity index (χ2v) is 4.12. The first kappa shape index (κ1) is 11.8. The van der Waals surface area contributed by atoms with Crippen molar-refractivity contribution in [3.63, 3.8) is 0 Å². The molecule has 4 nitrogen and oxygen atoms in total. The third-order valence-corrected chi connectivity index (χ3v) is 2.88. The van der Waals surface area contributed by atoms with Crippen LogP contribution in [-0.2, 0) is 4.79 Å². The molecule has 1 saturated heterocycles. The summed E-state index contributed by atoms with van der Waals surface area (Å²) >= 11 is 11.1. The van der Waals surface area contributed by atoms with Crippen LogP contribution in [0.2, 0.25) is 0 Å². The number of amides is 1. The molecule has 0 spiro atoms. The summed E-state index contributed by atoms with van der Waals surface area (Å²) in [7, 11) is 0. The van der Waals surface area contributed by atoms with Gasteiger partial charge in [0.2, 0.25) is 0 Å². The van der Waals surface area contributed by atoms with Crippen LogP contribution < -0.4 is 5.73 Å². The van der Waals surface area contributed by atoms with Gasteiger partial charge in [0.25, 0.3) is 5.91 Å². The summed E-state index contributed by atoms with van der Waals surface area (Å²) in [6.07, 6.45) is 0.342. The van der Waals surface area contributed by atoms with Gasteiger partial charge in [0.05, 0.1) is 0 Å². The van der Waals surface area contributed by atoms with E-state index < -0.39 is 11.5 Å². The maximum absolute atomic E-state index is 10.9. The second-order valence-electron chi connectivity index (χ2n) is 3.41. The number of carbonyl (C=O) groups excluding carboxylic acids is 1. The van der Waals surface area contributed by atoms with E-state index in [4.69, 9.17) is 28.9 Å². The van der Waals surface area contributed by atoms with Gasteiger partial charge in [0.1, 0.15) is 0 Å². The average Bonchev–Trinajstić information content (AvgIpc) is 2.49. The van der Waals surface area contributed by atoms with Gasteiger partial charge in [-0.05, 0) is 6.42 Å². The molecule has 0 saturated carbocycles. The number of halogens is 2. The fraction of sp³-hybridized carbons (Fsp3) is 0.625. The predicted molar refractivity (Wildman–Crippen MR) is 55.0 cm³/mol. The van der Waals surface area contributed by atoms with Gasteiger partial charge in [-0.25, -0.2) is 0 Å². The van der Waals surface area contributed by atoms with E-state index in [1.165, 1.54) is 5.54 Å². The highest BCUT2D eigenvalue weighted by atomic mass is 35.5. The quantitative estimate of drug-likeness (QED) is 0.740. The van der Waals surface area contributed by atoms with E-state index >= 15 is 0 Å². The standard InChI is InChI=1S/C8H12Cl2N2O2/c9-3-6(10)4-12-2-1-8(14,5-12)7(11)13/h3,14H,1-2,4-5H2,(H2,11,13)/b6-3-. The smallest absolute Gasteiger partial charge is 0.250 e. The molecule has 1 heterocycles. The van der Waals surface area contributed by atoms with Crippen molar-refractivity contribution in [1.82, 2.24) is 4.90 Å². The zero-order valence-corrected chi connectivity index (χ0v) is 9.05. The van der Waals surface area contributed by atoms with E-state index in [1.54, 1.807) is 0 Å². The number of hydrogen-bond donors (Lipinski definition) is 2. The Bertz CT molecular complexity index is 270. The molecule has 1 atom stereocenters. The molecule has 0 aliphatic carbocycles. The van der Waals surface area contributed by atoms with Crippen LogP contribution in [0.4, 0.5) is 0 Å². The molecule has 0 aromatic heterocycles. The van der Waals surface area contributed by atoms with Crippen molar-refractivity contribution in [2.24, 2.45) is 5.73 Å². The van der Waals surface area contributed by atoms with Crippen molar-refractivity contribution in [3.8, 4) is 0 Å². The summed E-state index contributed by atoms with van der Waals surface area (Å²) in [6.45, 7) is 1.23.